The zero-order valence-corrected chi connectivity index (χ0v) is 17.2. The normalized spacial score (nSPS) is 22.3. The SMILES string of the molecule is CC(C)(C)OC(=O)N1CCCCC1c1cccnc1SC1CCCCC1. The van der Waals surface area contributed by atoms with Gasteiger partial charge in [0, 0.05) is 23.6 Å². The molecular weight excluding hydrogens is 344 g/mol. The number of piperidine rings is 1. The molecule has 1 aromatic heterocycles. The van der Waals surface area contributed by atoms with Crippen LogP contribution in [-0.4, -0.2) is 33.4 Å². The Labute approximate surface area is 162 Å². The first-order chi connectivity index (χ1) is 12.4. The summed E-state index contributed by atoms with van der Waals surface area (Å²) < 4.78 is 5.68. The number of pyridine rings is 1. The number of rotatable bonds is 3. The number of thioether (sulfide) groups is 1. The first-order valence-corrected chi connectivity index (χ1v) is 10.9. The molecule has 0 radical (unpaired) electrons. The lowest BCUT2D eigenvalue weighted by atomic mass is 9.97. The Kier molecular flexibility index (Phi) is 6.49. The van der Waals surface area contributed by atoms with E-state index in [1.165, 1.54) is 37.7 Å². The van der Waals surface area contributed by atoms with Gasteiger partial charge in [0.2, 0.25) is 0 Å². The number of likely N-dealkylation sites (tertiary alicyclic amines) is 1. The second-order valence-electron chi connectivity index (χ2n) is 8.46. The summed E-state index contributed by atoms with van der Waals surface area (Å²) in [6, 6.07) is 4.24. The number of aromatic nitrogens is 1. The highest BCUT2D eigenvalue weighted by Gasteiger charge is 2.33. The van der Waals surface area contributed by atoms with Crippen molar-refractivity contribution >= 4 is 17.9 Å². The highest BCUT2D eigenvalue weighted by molar-refractivity contribution is 7.99. The smallest absolute Gasteiger partial charge is 0.410 e. The molecule has 1 atom stereocenters. The van der Waals surface area contributed by atoms with Crippen molar-refractivity contribution in [2.45, 2.75) is 94.1 Å². The predicted octanol–water partition coefficient (Wildman–Crippen LogP) is 5.97. The second kappa shape index (κ2) is 8.64. The molecular formula is C21H32N2O2S. The molecule has 5 heteroatoms. The van der Waals surface area contributed by atoms with Crippen LogP contribution >= 0.6 is 11.8 Å². The Hall–Kier alpha value is -1.23. The van der Waals surface area contributed by atoms with Crippen LogP contribution in [-0.2, 0) is 4.74 Å². The third-order valence-electron chi connectivity index (χ3n) is 5.12. The van der Waals surface area contributed by atoms with Gasteiger partial charge in [0.05, 0.1) is 6.04 Å². The zero-order chi connectivity index (χ0) is 18.6. The molecule has 1 amide bonds. The van der Waals surface area contributed by atoms with Crippen molar-refractivity contribution in [3.05, 3.63) is 23.9 Å². The van der Waals surface area contributed by atoms with E-state index >= 15 is 0 Å². The van der Waals surface area contributed by atoms with E-state index in [4.69, 9.17) is 9.72 Å². The molecule has 0 spiro atoms. The summed E-state index contributed by atoms with van der Waals surface area (Å²) >= 11 is 1.92. The molecule has 0 bridgehead atoms. The molecule has 1 aliphatic heterocycles. The first-order valence-electron chi connectivity index (χ1n) is 10.1. The van der Waals surface area contributed by atoms with Crippen molar-refractivity contribution in [1.82, 2.24) is 9.88 Å². The van der Waals surface area contributed by atoms with Crippen LogP contribution in [0.1, 0.15) is 83.7 Å². The van der Waals surface area contributed by atoms with Gasteiger partial charge < -0.3 is 9.64 Å². The van der Waals surface area contributed by atoms with Crippen LogP contribution in [0.5, 0.6) is 0 Å². The Bertz CT molecular complexity index is 608. The van der Waals surface area contributed by atoms with Crippen molar-refractivity contribution in [2.75, 3.05) is 6.54 Å². The maximum Gasteiger partial charge on any atom is 0.410 e. The molecule has 1 aromatic rings. The molecule has 2 heterocycles. The number of hydrogen-bond acceptors (Lipinski definition) is 4. The van der Waals surface area contributed by atoms with Gasteiger partial charge in [-0.1, -0.05) is 25.3 Å². The topological polar surface area (TPSA) is 42.4 Å². The second-order valence-corrected chi connectivity index (χ2v) is 9.75. The predicted molar refractivity (Wildman–Crippen MR) is 106 cm³/mol. The van der Waals surface area contributed by atoms with Crippen molar-refractivity contribution < 1.29 is 9.53 Å². The van der Waals surface area contributed by atoms with Crippen LogP contribution in [0.15, 0.2) is 23.4 Å². The summed E-state index contributed by atoms with van der Waals surface area (Å²) in [6.07, 6.45) is 11.4. The van der Waals surface area contributed by atoms with Crippen LogP contribution in [0.4, 0.5) is 4.79 Å². The number of nitrogens with zero attached hydrogens (tertiary/aromatic N) is 2. The lowest BCUT2D eigenvalue weighted by Crippen LogP contribution is -2.42. The lowest BCUT2D eigenvalue weighted by molar-refractivity contribution is 0.00914. The van der Waals surface area contributed by atoms with E-state index in [1.54, 1.807) is 0 Å². The van der Waals surface area contributed by atoms with Gasteiger partial charge in [-0.2, -0.15) is 0 Å². The molecule has 1 saturated heterocycles. The molecule has 2 fully saturated rings. The highest BCUT2D eigenvalue weighted by atomic mass is 32.2. The standard InChI is InChI=1S/C21H32N2O2S/c1-21(2,3)25-20(24)23-15-8-7-13-18(23)17-12-9-14-22-19(17)26-16-10-5-4-6-11-16/h9,12,14,16,18H,4-8,10-11,13,15H2,1-3H3. The minimum Gasteiger partial charge on any atom is -0.444 e. The van der Waals surface area contributed by atoms with E-state index in [2.05, 4.69) is 6.07 Å². The Morgan fingerprint density at radius 2 is 1.88 bits per heavy atom. The summed E-state index contributed by atoms with van der Waals surface area (Å²) in [5, 5.41) is 1.77. The summed E-state index contributed by atoms with van der Waals surface area (Å²) in [4.78, 5) is 19.4. The number of carbonyl (C=O) groups is 1. The molecule has 1 saturated carbocycles. The van der Waals surface area contributed by atoms with E-state index in [0.717, 1.165) is 30.8 Å². The zero-order valence-electron chi connectivity index (χ0n) is 16.4. The molecule has 4 nitrogen and oxygen atoms in total. The average molecular weight is 377 g/mol. The Morgan fingerprint density at radius 1 is 1.15 bits per heavy atom. The monoisotopic (exact) mass is 376 g/mol. The van der Waals surface area contributed by atoms with Crippen LogP contribution in [0.2, 0.25) is 0 Å². The molecule has 0 aromatic carbocycles. The minimum atomic E-state index is -0.465. The van der Waals surface area contributed by atoms with Crippen molar-refractivity contribution in [3.63, 3.8) is 0 Å². The average Bonchev–Trinajstić information content (AvgIpc) is 2.62. The number of carbonyl (C=O) groups excluding carboxylic acids is 1. The lowest BCUT2D eigenvalue weighted by Gasteiger charge is -2.37. The van der Waals surface area contributed by atoms with Crippen LogP contribution in [0, 0.1) is 0 Å². The van der Waals surface area contributed by atoms with E-state index < -0.39 is 5.60 Å². The van der Waals surface area contributed by atoms with Crippen molar-refractivity contribution in [3.8, 4) is 0 Å². The summed E-state index contributed by atoms with van der Waals surface area (Å²) in [5.41, 5.74) is 0.738. The molecule has 26 heavy (non-hydrogen) atoms. The Morgan fingerprint density at radius 3 is 2.62 bits per heavy atom. The molecule has 1 unspecified atom stereocenters. The maximum absolute atomic E-state index is 12.8. The summed E-state index contributed by atoms with van der Waals surface area (Å²) in [7, 11) is 0. The van der Waals surface area contributed by atoms with E-state index in [9.17, 15) is 4.79 Å². The highest BCUT2D eigenvalue weighted by Crippen LogP contribution is 2.40. The fraction of sp³-hybridized carbons (Fsp3) is 0.714. The van der Waals surface area contributed by atoms with Gasteiger partial charge in [-0.3, -0.25) is 0 Å². The van der Waals surface area contributed by atoms with Crippen LogP contribution in [0.25, 0.3) is 0 Å². The fourth-order valence-electron chi connectivity index (χ4n) is 3.89. The number of amides is 1. The van der Waals surface area contributed by atoms with Gasteiger partial charge in [-0.05, 0) is 58.9 Å². The largest absolute Gasteiger partial charge is 0.444 e. The number of ether oxygens (including phenoxy) is 1. The minimum absolute atomic E-state index is 0.0818. The van der Waals surface area contributed by atoms with E-state index in [0.29, 0.717) is 5.25 Å². The number of hydrogen-bond donors (Lipinski definition) is 0. The maximum atomic E-state index is 12.8. The third-order valence-corrected chi connectivity index (χ3v) is 6.49. The Balaban J connectivity index is 1.79. The molecule has 0 N–H and O–H groups in total. The summed E-state index contributed by atoms with van der Waals surface area (Å²) in [6.45, 7) is 6.55. The third kappa shape index (κ3) is 5.15. The van der Waals surface area contributed by atoms with E-state index in [1.807, 2.05) is 49.7 Å². The molecule has 3 rings (SSSR count). The van der Waals surface area contributed by atoms with Gasteiger partial charge in [0.15, 0.2) is 0 Å². The van der Waals surface area contributed by atoms with Crippen molar-refractivity contribution in [1.29, 1.82) is 0 Å². The molecule has 2 aliphatic rings. The quantitative estimate of drug-likeness (QED) is 0.652. The van der Waals surface area contributed by atoms with Crippen LogP contribution < -0.4 is 0 Å². The van der Waals surface area contributed by atoms with E-state index in [-0.39, 0.29) is 12.1 Å². The van der Waals surface area contributed by atoms with Gasteiger partial charge in [0.25, 0.3) is 0 Å². The fourth-order valence-corrected chi connectivity index (χ4v) is 5.24. The summed E-state index contributed by atoms with van der Waals surface area (Å²) in [5.74, 6) is 0. The van der Waals surface area contributed by atoms with Crippen LogP contribution in [0.3, 0.4) is 0 Å². The molecule has 144 valence electrons. The first kappa shape index (κ1) is 19.5. The van der Waals surface area contributed by atoms with Crippen molar-refractivity contribution in [2.24, 2.45) is 0 Å². The van der Waals surface area contributed by atoms with Gasteiger partial charge in [-0.15, -0.1) is 11.8 Å². The van der Waals surface area contributed by atoms with Gasteiger partial charge >= 0.3 is 6.09 Å². The van der Waals surface area contributed by atoms with Gasteiger partial charge in [-0.25, -0.2) is 9.78 Å². The van der Waals surface area contributed by atoms with Gasteiger partial charge in [0.1, 0.15) is 10.6 Å². The molecule has 1 aliphatic carbocycles.